The molecule has 0 spiro atoms. The molecule has 0 N–H and O–H groups in total. The normalized spacial score (nSPS) is 10.2. The molecule has 0 aromatic carbocycles. The summed E-state index contributed by atoms with van der Waals surface area (Å²) in [5, 5.41) is 0. The highest BCUT2D eigenvalue weighted by Gasteiger charge is 2.10. The van der Waals surface area contributed by atoms with E-state index in [0.29, 0.717) is 6.61 Å². The minimum Gasteiger partial charge on any atom is -0.462 e. The number of thiophene rings is 1. The zero-order valence-corrected chi connectivity index (χ0v) is 9.74. The second-order valence-corrected chi connectivity index (χ2v) is 4.60. The van der Waals surface area contributed by atoms with Gasteiger partial charge in [-0.15, -0.1) is 11.3 Å². The van der Waals surface area contributed by atoms with E-state index in [9.17, 15) is 4.79 Å². The lowest BCUT2D eigenvalue weighted by atomic mass is 10.3. The molecule has 14 heavy (non-hydrogen) atoms. The SMILES string of the molecule is CCCCOC(=O)c1cc(C)c(C)s1. The second-order valence-electron chi connectivity index (χ2n) is 3.34. The molecule has 0 radical (unpaired) electrons. The summed E-state index contributed by atoms with van der Waals surface area (Å²) in [6.07, 6.45) is 1.99. The summed E-state index contributed by atoms with van der Waals surface area (Å²) in [6.45, 7) is 6.64. The van der Waals surface area contributed by atoms with Gasteiger partial charge in [-0.2, -0.15) is 0 Å². The number of ether oxygens (including phenoxy) is 1. The summed E-state index contributed by atoms with van der Waals surface area (Å²) in [7, 11) is 0. The molecule has 0 aliphatic rings. The molecule has 0 bridgehead atoms. The first kappa shape index (κ1) is 11.2. The Bertz CT molecular complexity index is 296. The van der Waals surface area contributed by atoms with Gasteiger partial charge in [0.15, 0.2) is 0 Å². The van der Waals surface area contributed by atoms with Crippen molar-refractivity contribution in [2.24, 2.45) is 0 Å². The van der Waals surface area contributed by atoms with E-state index in [1.165, 1.54) is 16.2 Å². The lowest BCUT2D eigenvalue weighted by Crippen LogP contribution is -2.03. The molecule has 1 aromatic heterocycles. The van der Waals surface area contributed by atoms with Gasteiger partial charge < -0.3 is 4.74 Å². The zero-order valence-electron chi connectivity index (χ0n) is 8.92. The molecular weight excluding hydrogens is 196 g/mol. The Labute approximate surface area is 88.9 Å². The van der Waals surface area contributed by atoms with Crippen molar-refractivity contribution in [1.82, 2.24) is 0 Å². The van der Waals surface area contributed by atoms with E-state index < -0.39 is 0 Å². The van der Waals surface area contributed by atoms with E-state index in [-0.39, 0.29) is 5.97 Å². The van der Waals surface area contributed by atoms with E-state index in [1.807, 2.05) is 19.9 Å². The van der Waals surface area contributed by atoms with E-state index >= 15 is 0 Å². The predicted molar refractivity (Wildman–Crippen MR) is 59.0 cm³/mol. The summed E-state index contributed by atoms with van der Waals surface area (Å²) < 4.78 is 5.11. The smallest absolute Gasteiger partial charge is 0.348 e. The number of unbranched alkanes of at least 4 members (excludes halogenated alkanes) is 1. The Morgan fingerprint density at radius 1 is 1.50 bits per heavy atom. The molecule has 1 aromatic rings. The van der Waals surface area contributed by atoms with Crippen LogP contribution in [0.5, 0.6) is 0 Å². The van der Waals surface area contributed by atoms with Gasteiger partial charge in [0.2, 0.25) is 0 Å². The standard InChI is InChI=1S/C11H16O2S/c1-4-5-6-13-11(12)10-7-8(2)9(3)14-10/h7H,4-6H2,1-3H3. The third-order valence-corrected chi connectivity index (χ3v) is 3.23. The summed E-state index contributed by atoms with van der Waals surface area (Å²) in [6, 6.07) is 1.90. The maximum absolute atomic E-state index is 11.5. The number of rotatable bonds is 4. The Kier molecular flexibility index (Phi) is 4.14. The maximum Gasteiger partial charge on any atom is 0.348 e. The lowest BCUT2D eigenvalue weighted by Gasteiger charge is -2.00. The van der Waals surface area contributed by atoms with Crippen LogP contribution < -0.4 is 0 Å². The Balaban J connectivity index is 2.52. The van der Waals surface area contributed by atoms with E-state index in [4.69, 9.17) is 4.74 Å². The van der Waals surface area contributed by atoms with Crippen molar-refractivity contribution in [1.29, 1.82) is 0 Å². The molecule has 0 saturated carbocycles. The minimum absolute atomic E-state index is 0.181. The van der Waals surface area contributed by atoms with Crippen LogP contribution in [-0.2, 0) is 4.74 Å². The van der Waals surface area contributed by atoms with Crippen LogP contribution in [0.1, 0.15) is 39.9 Å². The van der Waals surface area contributed by atoms with Crippen molar-refractivity contribution in [3.63, 3.8) is 0 Å². The van der Waals surface area contributed by atoms with Gasteiger partial charge in [0, 0.05) is 4.88 Å². The molecule has 0 atom stereocenters. The van der Waals surface area contributed by atoms with Gasteiger partial charge in [-0.25, -0.2) is 4.79 Å². The number of carbonyl (C=O) groups is 1. The number of aryl methyl sites for hydroxylation is 2. The van der Waals surface area contributed by atoms with E-state index in [2.05, 4.69) is 6.92 Å². The van der Waals surface area contributed by atoms with Crippen LogP contribution in [0.15, 0.2) is 6.07 Å². The van der Waals surface area contributed by atoms with Gasteiger partial charge in [0.25, 0.3) is 0 Å². The quantitative estimate of drug-likeness (QED) is 0.565. The number of hydrogen-bond acceptors (Lipinski definition) is 3. The Morgan fingerprint density at radius 3 is 2.71 bits per heavy atom. The highest BCUT2D eigenvalue weighted by atomic mass is 32.1. The molecule has 78 valence electrons. The van der Waals surface area contributed by atoms with Crippen LogP contribution in [0.3, 0.4) is 0 Å². The molecular formula is C11H16O2S. The van der Waals surface area contributed by atoms with Crippen LogP contribution in [-0.4, -0.2) is 12.6 Å². The molecule has 2 nitrogen and oxygen atoms in total. The van der Waals surface area contributed by atoms with Gasteiger partial charge in [-0.1, -0.05) is 13.3 Å². The van der Waals surface area contributed by atoms with Crippen molar-refractivity contribution in [2.75, 3.05) is 6.61 Å². The summed E-state index contributed by atoms with van der Waals surface area (Å²) >= 11 is 1.51. The van der Waals surface area contributed by atoms with E-state index in [1.54, 1.807) is 0 Å². The summed E-state index contributed by atoms with van der Waals surface area (Å²) in [5.74, 6) is -0.181. The van der Waals surface area contributed by atoms with Crippen LogP contribution in [0.25, 0.3) is 0 Å². The zero-order chi connectivity index (χ0) is 10.6. The Hall–Kier alpha value is -0.830. The number of carbonyl (C=O) groups excluding carboxylic acids is 1. The van der Waals surface area contributed by atoms with Gasteiger partial charge in [-0.3, -0.25) is 0 Å². The monoisotopic (exact) mass is 212 g/mol. The lowest BCUT2D eigenvalue weighted by molar-refractivity contribution is 0.0505. The third-order valence-electron chi connectivity index (χ3n) is 2.10. The highest BCUT2D eigenvalue weighted by Crippen LogP contribution is 2.21. The van der Waals surface area contributed by atoms with Crippen molar-refractivity contribution < 1.29 is 9.53 Å². The van der Waals surface area contributed by atoms with Gasteiger partial charge in [-0.05, 0) is 31.9 Å². The highest BCUT2D eigenvalue weighted by molar-refractivity contribution is 7.14. The first-order valence-electron chi connectivity index (χ1n) is 4.89. The molecule has 1 heterocycles. The van der Waals surface area contributed by atoms with Gasteiger partial charge in [0.1, 0.15) is 4.88 Å². The van der Waals surface area contributed by atoms with Crippen molar-refractivity contribution in [2.45, 2.75) is 33.6 Å². The average Bonchev–Trinajstić information content (AvgIpc) is 2.47. The molecule has 0 amide bonds. The van der Waals surface area contributed by atoms with Gasteiger partial charge >= 0.3 is 5.97 Å². The second kappa shape index (κ2) is 5.15. The van der Waals surface area contributed by atoms with Crippen LogP contribution in [0.4, 0.5) is 0 Å². The van der Waals surface area contributed by atoms with Crippen LogP contribution in [0, 0.1) is 13.8 Å². The fourth-order valence-corrected chi connectivity index (χ4v) is 1.98. The first-order chi connectivity index (χ1) is 6.65. The van der Waals surface area contributed by atoms with Gasteiger partial charge in [0.05, 0.1) is 6.61 Å². The topological polar surface area (TPSA) is 26.3 Å². The molecule has 0 unspecified atom stereocenters. The Morgan fingerprint density at radius 2 is 2.21 bits per heavy atom. The van der Waals surface area contributed by atoms with E-state index in [0.717, 1.165) is 23.3 Å². The van der Waals surface area contributed by atoms with Crippen molar-refractivity contribution in [3.8, 4) is 0 Å². The third kappa shape index (κ3) is 2.84. The predicted octanol–water partition coefficient (Wildman–Crippen LogP) is 3.32. The van der Waals surface area contributed by atoms with Crippen molar-refractivity contribution >= 4 is 17.3 Å². The molecule has 0 fully saturated rings. The van der Waals surface area contributed by atoms with Crippen LogP contribution >= 0.6 is 11.3 Å². The molecule has 1 rings (SSSR count). The maximum atomic E-state index is 11.5. The molecule has 0 aliphatic heterocycles. The van der Waals surface area contributed by atoms with Crippen LogP contribution in [0.2, 0.25) is 0 Å². The summed E-state index contributed by atoms with van der Waals surface area (Å²) in [4.78, 5) is 13.4. The minimum atomic E-state index is -0.181. The fraction of sp³-hybridized carbons (Fsp3) is 0.545. The van der Waals surface area contributed by atoms with Crippen molar-refractivity contribution in [3.05, 3.63) is 21.4 Å². The average molecular weight is 212 g/mol. The number of esters is 1. The number of hydrogen-bond donors (Lipinski definition) is 0. The largest absolute Gasteiger partial charge is 0.462 e. The summed E-state index contributed by atoms with van der Waals surface area (Å²) in [5.41, 5.74) is 1.16. The molecule has 0 saturated heterocycles. The molecule has 0 aliphatic carbocycles. The fourth-order valence-electron chi connectivity index (χ4n) is 1.05. The molecule has 3 heteroatoms. The first-order valence-corrected chi connectivity index (χ1v) is 5.71.